The first-order chi connectivity index (χ1) is 24.3. The number of nitrogens with one attached hydrogen (secondary N) is 3. The molecule has 272 valence electrons. The summed E-state index contributed by atoms with van der Waals surface area (Å²) in [5.74, 6) is -2.85. The highest BCUT2D eigenvalue weighted by molar-refractivity contribution is 7.89. The average molecular weight is 727 g/mol. The van der Waals surface area contributed by atoms with Crippen molar-refractivity contribution in [2.45, 2.75) is 50.1 Å². The number of benzene rings is 3. The fourth-order valence-corrected chi connectivity index (χ4v) is 5.40. The summed E-state index contributed by atoms with van der Waals surface area (Å²) in [4.78, 5) is 65.9. The number of alkyl carbamates (subject to hydrolysis) is 2. The fourth-order valence-electron chi connectivity index (χ4n) is 4.21. The number of guanidine groups is 1. The molecule has 0 fully saturated rings. The Morgan fingerprint density at radius 2 is 1.18 bits per heavy atom. The van der Waals surface area contributed by atoms with Gasteiger partial charge in [-0.2, -0.15) is 4.72 Å². The Morgan fingerprint density at radius 3 is 1.63 bits per heavy atom. The van der Waals surface area contributed by atoms with E-state index in [1.54, 1.807) is 79.7 Å². The molecule has 17 heteroatoms. The third-order valence-electron chi connectivity index (χ3n) is 6.68. The van der Waals surface area contributed by atoms with Crippen LogP contribution >= 0.6 is 0 Å². The van der Waals surface area contributed by atoms with Crippen LogP contribution in [0, 0.1) is 6.92 Å². The van der Waals surface area contributed by atoms with Gasteiger partial charge in [-0.25, -0.2) is 23.0 Å². The highest BCUT2D eigenvalue weighted by Crippen LogP contribution is 2.13. The van der Waals surface area contributed by atoms with Crippen molar-refractivity contribution in [1.82, 2.24) is 15.4 Å². The number of ether oxygens (including phenoxy) is 5. The van der Waals surface area contributed by atoms with Gasteiger partial charge in [0.1, 0.15) is 6.04 Å². The molecule has 0 bridgehead atoms. The van der Waals surface area contributed by atoms with Crippen LogP contribution in [0.3, 0.4) is 0 Å². The van der Waals surface area contributed by atoms with Crippen molar-refractivity contribution in [3.63, 3.8) is 0 Å². The van der Waals surface area contributed by atoms with Crippen molar-refractivity contribution >= 4 is 46.1 Å². The van der Waals surface area contributed by atoms with Crippen LogP contribution in [0.2, 0.25) is 0 Å². The van der Waals surface area contributed by atoms with Crippen molar-refractivity contribution in [1.29, 1.82) is 0 Å². The lowest BCUT2D eigenvalue weighted by Gasteiger charge is -2.19. The molecule has 0 aliphatic heterocycles. The van der Waals surface area contributed by atoms with Gasteiger partial charge in [-0.05, 0) is 43.5 Å². The monoisotopic (exact) mass is 726 g/mol. The number of esters is 3. The first kappa shape index (κ1) is 39.6. The van der Waals surface area contributed by atoms with Gasteiger partial charge in [0.05, 0.1) is 30.9 Å². The minimum atomic E-state index is -4.18. The van der Waals surface area contributed by atoms with E-state index in [0.717, 1.165) is 12.7 Å². The third-order valence-corrected chi connectivity index (χ3v) is 8.17. The molecule has 0 spiro atoms. The van der Waals surface area contributed by atoms with Crippen molar-refractivity contribution in [3.8, 4) is 0 Å². The fraction of sp³-hybridized carbons (Fsp3) is 0.294. The van der Waals surface area contributed by atoms with Crippen LogP contribution in [0.4, 0.5) is 9.59 Å². The maximum atomic E-state index is 13.0. The summed E-state index contributed by atoms with van der Waals surface area (Å²) in [6, 6.07) is 20.9. The number of hydrogen-bond acceptors (Lipinski definition) is 13. The Labute approximate surface area is 294 Å². The number of methoxy groups -OCH3 is 1. The molecular formula is C34H38N4O12S. The van der Waals surface area contributed by atoms with Crippen molar-refractivity contribution in [3.05, 3.63) is 102 Å². The molecule has 0 aliphatic rings. The van der Waals surface area contributed by atoms with Gasteiger partial charge in [0.2, 0.25) is 29.6 Å². The van der Waals surface area contributed by atoms with Crippen molar-refractivity contribution < 1.29 is 56.1 Å². The zero-order valence-electron chi connectivity index (χ0n) is 28.0. The standard InChI is InChI=1S/C34H38N4O12S/c1-23-14-16-27(17-15-23)51(44,45)38-28(31(41)46-3)18-24(2)35-32(36-33(42)49-21-47-29(39)19-25-10-6-4-7-11-25)37-34(43)50-22-48-30(40)20-26-12-8-5-9-13-26/h4-17,24,28,38H,18-22H2,1-3H3,(H2,35,36,37,42,43)/t24?,28-/m0/s1. The van der Waals surface area contributed by atoms with E-state index in [0.29, 0.717) is 11.1 Å². The van der Waals surface area contributed by atoms with Crippen LogP contribution in [-0.4, -0.2) is 77.3 Å². The smallest absolute Gasteiger partial charge is 0.416 e. The summed E-state index contributed by atoms with van der Waals surface area (Å²) in [7, 11) is -3.11. The van der Waals surface area contributed by atoms with E-state index in [4.69, 9.17) is 23.7 Å². The maximum absolute atomic E-state index is 13.0. The normalized spacial score (nSPS) is 11.9. The molecule has 2 atom stereocenters. The van der Waals surface area contributed by atoms with Gasteiger partial charge >= 0.3 is 30.1 Å². The predicted octanol–water partition coefficient (Wildman–Crippen LogP) is 2.89. The van der Waals surface area contributed by atoms with Crippen molar-refractivity contribution in [2.24, 2.45) is 4.99 Å². The van der Waals surface area contributed by atoms with Crippen LogP contribution in [0.25, 0.3) is 0 Å². The average Bonchev–Trinajstić information content (AvgIpc) is 3.08. The van der Waals surface area contributed by atoms with Gasteiger partial charge in [0, 0.05) is 0 Å². The minimum Gasteiger partial charge on any atom is -0.468 e. The number of sulfonamides is 1. The molecule has 3 aromatic carbocycles. The van der Waals surface area contributed by atoms with E-state index in [1.165, 1.54) is 19.1 Å². The number of carbonyl (C=O) groups excluding carboxylic acids is 5. The summed E-state index contributed by atoms with van der Waals surface area (Å²) in [5.41, 5.74) is 2.17. The largest absolute Gasteiger partial charge is 0.468 e. The SMILES string of the molecule is COC(=O)[C@H](CC(C)N=C(NC(=O)OCOC(=O)Cc1ccccc1)NC(=O)OCOC(=O)Cc1ccccc1)NS(=O)(=O)c1ccc(C)cc1. The zero-order valence-corrected chi connectivity index (χ0v) is 28.8. The molecule has 0 saturated carbocycles. The van der Waals surface area contributed by atoms with Gasteiger partial charge in [0.15, 0.2) is 0 Å². The molecule has 1 unspecified atom stereocenters. The van der Waals surface area contributed by atoms with Crippen LogP contribution in [0.5, 0.6) is 0 Å². The molecule has 0 aromatic heterocycles. The summed E-state index contributed by atoms with van der Waals surface area (Å²) in [5, 5.41) is 4.31. The predicted molar refractivity (Wildman–Crippen MR) is 180 cm³/mol. The Hall–Kier alpha value is -5.81. The number of rotatable bonds is 15. The summed E-state index contributed by atoms with van der Waals surface area (Å²) in [6.45, 7) is 1.66. The zero-order chi connectivity index (χ0) is 37.2. The second-order valence-corrected chi connectivity index (χ2v) is 12.5. The lowest BCUT2D eigenvalue weighted by molar-refractivity contribution is -0.152. The molecule has 0 heterocycles. The van der Waals surface area contributed by atoms with Crippen LogP contribution in [0.1, 0.15) is 30.0 Å². The molecular weight excluding hydrogens is 688 g/mol. The molecule has 16 nitrogen and oxygen atoms in total. The quantitative estimate of drug-likeness (QED) is 0.0678. The second-order valence-electron chi connectivity index (χ2n) is 10.8. The molecule has 0 aliphatic carbocycles. The molecule has 2 amide bonds. The summed E-state index contributed by atoms with van der Waals surface area (Å²) in [6.07, 6.45) is -2.88. The molecule has 0 saturated heterocycles. The number of aryl methyl sites for hydroxylation is 1. The van der Waals surface area contributed by atoms with Gasteiger partial charge in [-0.1, -0.05) is 78.4 Å². The molecule has 3 aromatic rings. The maximum Gasteiger partial charge on any atom is 0.416 e. The van der Waals surface area contributed by atoms with E-state index in [1.807, 2.05) is 0 Å². The van der Waals surface area contributed by atoms with Crippen LogP contribution in [0.15, 0.2) is 94.8 Å². The van der Waals surface area contributed by atoms with Gasteiger partial charge < -0.3 is 23.7 Å². The highest BCUT2D eigenvalue weighted by atomic mass is 32.2. The minimum absolute atomic E-state index is 0.0750. The van der Waals surface area contributed by atoms with Crippen LogP contribution < -0.4 is 15.4 Å². The summed E-state index contributed by atoms with van der Waals surface area (Å²) < 4.78 is 52.6. The Balaban J connectivity index is 1.66. The number of hydrogen-bond donors (Lipinski definition) is 3. The van der Waals surface area contributed by atoms with E-state index in [-0.39, 0.29) is 24.2 Å². The molecule has 3 N–H and O–H groups in total. The number of aliphatic imine (C=N–C) groups is 1. The molecule has 51 heavy (non-hydrogen) atoms. The lowest BCUT2D eigenvalue weighted by atomic mass is 10.1. The summed E-state index contributed by atoms with van der Waals surface area (Å²) >= 11 is 0. The first-order valence-corrected chi connectivity index (χ1v) is 16.8. The molecule has 0 radical (unpaired) electrons. The highest BCUT2D eigenvalue weighted by Gasteiger charge is 2.28. The van der Waals surface area contributed by atoms with Gasteiger partial charge in [-0.15, -0.1) is 0 Å². The molecule has 3 rings (SSSR count). The van der Waals surface area contributed by atoms with Gasteiger partial charge in [-0.3, -0.25) is 25.0 Å². The Bertz CT molecular complexity index is 1690. The lowest BCUT2D eigenvalue weighted by Crippen LogP contribution is -2.46. The topological polar surface area (TPSA) is 214 Å². The van der Waals surface area contributed by atoms with E-state index < -0.39 is 71.7 Å². The van der Waals surface area contributed by atoms with Gasteiger partial charge in [0.25, 0.3) is 0 Å². The number of amides is 2. The Morgan fingerprint density at radius 1 is 0.706 bits per heavy atom. The number of nitrogens with zero attached hydrogens (tertiary/aromatic N) is 1. The first-order valence-electron chi connectivity index (χ1n) is 15.4. The second kappa shape index (κ2) is 20.0. The van der Waals surface area contributed by atoms with E-state index >= 15 is 0 Å². The third kappa shape index (κ3) is 14.7. The Kier molecular flexibility index (Phi) is 15.5. The van der Waals surface area contributed by atoms with Crippen molar-refractivity contribution in [2.75, 3.05) is 20.7 Å². The van der Waals surface area contributed by atoms with E-state index in [2.05, 4.69) is 20.3 Å². The van der Waals surface area contributed by atoms with Crippen LogP contribution in [-0.2, 0) is 60.9 Å². The number of carbonyl (C=O) groups is 5. The van der Waals surface area contributed by atoms with E-state index in [9.17, 15) is 32.4 Å².